The summed E-state index contributed by atoms with van der Waals surface area (Å²) >= 11 is 0. The molecule has 0 aromatic heterocycles. The monoisotopic (exact) mass is 239 g/mol. The van der Waals surface area contributed by atoms with Gasteiger partial charge in [-0.2, -0.15) is 5.26 Å². The third-order valence-corrected chi connectivity index (χ3v) is 9.90. The second-order valence-corrected chi connectivity index (χ2v) is 9.92. The van der Waals surface area contributed by atoms with Crippen LogP contribution in [-0.2, 0) is 0 Å². The van der Waals surface area contributed by atoms with Crippen LogP contribution < -0.4 is 0 Å². The van der Waals surface area contributed by atoms with Crippen LogP contribution in [0.25, 0.3) is 0 Å². The largest absolute Gasteiger partial charge is 0.310 e. The first-order valence-electron chi connectivity index (χ1n) is 6.56. The molecule has 0 radical (unpaired) electrons. The van der Waals surface area contributed by atoms with Gasteiger partial charge in [-0.1, -0.05) is 20.8 Å². The third-order valence-electron chi connectivity index (χ3n) is 4.24. The van der Waals surface area contributed by atoms with E-state index >= 15 is 0 Å². The second kappa shape index (κ2) is 6.38. The van der Waals surface area contributed by atoms with Crippen LogP contribution in [0.4, 0.5) is 0 Å². The zero-order valence-corrected chi connectivity index (χ0v) is 12.0. The van der Waals surface area contributed by atoms with Gasteiger partial charge in [-0.05, 0) is 18.1 Å². The van der Waals surface area contributed by atoms with Crippen molar-refractivity contribution in [2.75, 3.05) is 26.3 Å². The van der Waals surface area contributed by atoms with Gasteiger partial charge in [0.15, 0.2) is 0 Å². The maximum Gasteiger partial charge on any atom is 0.128 e. The minimum absolute atomic E-state index is 0.673. The zero-order valence-electron chi connectivity index (χ0n) is 11.0. The lowest BCUT2D eigenvalue weighted by atomic mass is 10.4. The van der Waals surface area contributed by atoms with Crippen molar-refractivity contribution in [3.8, 4) is 6.07 Å². The first kappa shape index (κ1) is 13.7. The molecule has 0 aromatic rings. The molecule has 0 atom stereocenters. The molecule has 0 saturated carbocycles. The lowest BCUT2D eigenvalue weighted by molar-refractivity contribution is 0.306. The molecular formula is C12H25N3Si. The summed E-state index contributed by atoms with van der Waals surface area (Å²) in [4.78, 5) is 2.44. The molecule has 92 valence electrons. The average molecular weight is 239 g/mol. The van der Waals surface area contributed by atoms with E-state index in [0.29, 0.717) is 6.42 Å². The highest BCUT2D eigenvalue weighted by atomic mass is 28.3. The van der Waals surface area contributed by atoms with Crippen LogP contribution in [0.5, 0.6) is 0 Å². The Bertz CT molecular complexity index is 237. The fourth-order valence-electron chi connectivity index (χ4n) is 2.84. The van der Waals surface area contributed by atoms with Gasteiger partial charge in [0.2, 0.25) is 0 Å². The smallest absolute Gasteiger partial charge is 0.128 e. The minimum atomic E-state index is -1.16. The molecule has 4 heteroatoms. The van der Waals surface area contributed by atoms with Crippen LogP contribution in [0.15, 0.2) is 0 Å². The fourth-order valence-corrected chi connectivity index (χ4v) is 6.76. The highest BCUT2D eigenvalue weighted by Gasteiger charge is 2.37. The van der Waals surface area contributed by atoms with Crippen LogP contribution in [0.3, 0.4) is 0 Å². The van der Waals surface area contributed by atoms with Crippen molar-refractivity contribution in [2.45, 2.75) is 45.3 Å². The van der Waals surface area contributed by atoms with E-state index in [1.54, 1.807) is 0 Å². The summed E-state index contributed by atoms with van der Waals surface area (Å²) in [6.07, 6.45) is 0.673. The summed E-state index contributed by atoms with van der Waals surface area (Å²) < 4.78 is 2.75. The predicted octanol–water partition coefficient (Wildman–Crippen LogP) is 2.48. The molecule has 1 aliphatic rings. The van der Waals surface area contributed by atoms with Gasteiger partial charge in [0, 0.05) is 32.7 Å². The maximum atomic E-state index is 8.61. The van der Waals surface area contributed by atoms with E-state index < -0.39 is 8.24 Å². The van der Waals surface area contributed by atoms with Crippen LogP contribution >= 0.6 is 0 Å². The quantitative estimate of drug-likeness (QED) is 0.667. The Labute approximate surface area is 101 Å². The van der Waals surface area contributed by atoms with E-state index in [4.69, 9.17) is 5.26 Å². The Balaban J connectivity index is 2.53. The van der Waals surface area contributed by atoms with Gasteiger partial charge < -0.3 is 4.57 Å². The number of rotatable bonds is 6. The van der Waals surface area contributed by atoms with Gasteiger partial charge in [0.25, 0.3) is 0 Å². The van der Waals surface area contributed by atoms with Crippen molar-refractivity contribution in [1.82, 2.24) is 9.47 Å². The molecule has 0 unspecified atom stereocenters. The lowest BCUT2D eigenvalue weighted by Crippen LogP contribution is -2.51. The van der Waals surface area contributed by atoms with Gasteiger partial charge >= 0.3 is 0 Å². The highest BCUT2D eigenvalue weighted by molar-refractivity contribution is 6.77. The molecule has 1 heterocycles. The molecule has 1 rings (SSSR count). The van der Waals surface area contributed by atoms with Crippen LogP contribution in [0.2, 0.25) is 18.1 Å². The highest BCUT2D eigenvalue weighted by Crippen LogP contribution is 2.27. The van der Waals surface area contributed by atoms with Crippen molar-refractivity contribution in [1.29, 1.82) is 5.26 Å². The Kier molecular flexibility index (Phi) is 5.46. The fraction of sp³-hybridized carbons (Fsp3) is 0.917. The molecule has 0 aromatic carbocycles. The summed E-state index contributed by atoms with van der Waals surface area (Å²) in [5, 5.41) is 8.61. The van der Waals surface area contributed by atoms with E-state index in [0.717, 1.165) is 19.8 Å². The number of hydrogen-bond acceptors (Lipinski definition) is 3. The van der Waals surface area contributed by atoms with Crippen molar-refractivity contribution >= 4 is 8.24 Å². The summed E-state index contributed by atoms with van der Waals surface area (Å²) in [6, 6.07) is 6.34. The first-order valence-corrected chi connectivity index (χ1v) is 9.13. The Morgan fingerprint density at radius 3 is 2.25 bits per heavy atom. The number of nitriles is 1. The second-order valence-electron chi connectivity index (χ2n) is 4.72. The van der Waals surface area contributed by atoms with E-state index in [9.17, 15) is 0 Å². The van der Waals surface area contributed by atoms with Gasteiger partial charge in [-0.25, -0.2) is 0 Å². The standard InChI is InChI=1S/C12H25N3Si/c1-4-16(5-2,6-3)15-11-10-14(12-15)9-7-8-13/h4-7,9-12H2,1-3H3. The predicted molar refractivity (Wildman–Crippen MR) is 70.6 cm³/mol. The third kappa shape index (κ3) is 2.85. The SMILES string of the molecule is CC[Si](CC)(CC)N1CCN(CCC#N)C1. The minimum Gasteiger partial charge on any atom is -0.310 e. The molecule has 1 saturated heterocycles. The van der Waals surface area contributed by atoms with E-state index in [1.165, 1.54) is 24.7 Å². The van der Waals surface area contributed by atoms with Crippen LogP contribution in [-0.4, -0.2) is 44.0 Å². The Morgan fingerprint density at radius 1 is 1.12 bits per heavy atom. The normalized spacial score (nSPS) is 18.9. The summed E-state index contributed by atoms with van der Waals surface area (Å²) in [5.74, 6) is 0. The molecule has 1 aliphatic heterocycles. The Hall–Kier alpha value is -0.373. The van der Waals surface area contributed by atoms with Gasteiger partial charge in [-0.3, -0.25) is 4.90 Å². The zero-order chi connectivity index (χ0) is 12.0. The average Bonchev–Trinajstić information content (AvgIpc) is 2.79. The summed E-state index contributed by atoms with van der Waals surface area (Å²) in [5.41, 5.74) is 0. The van der Waals surface area contributed by atoms with Crippen LogP contribution in [0.1, 0.15) is 27.2 Å². The van der Waals surface area contributed by atoms with E-state index in [-0.39, 0.29) is 0 Å². The molecule has 16 heavy (non-hydrogen) atoms. The molecule has 3 nitrogen and oxygen atoms in total. The van der Waals surface area contributed by atoms with Gasteiger partial charge in [-0.15, -0.1) is 0 Å². The molecule has 0 bridgehead atoms. The van der Waals surface area contributed by atoms with Crippen molar-refractivity contribution in [3.05, 3.63) is 0 Å². The molecule has 0 amide bonds. The topological polar surface area (TPSA) is 30.3 Å². The summed E-state index contributed by atoms with van der Waals surface area (Å²) in [6.45, 7) is 11.5. The van der Waals surface area contributed by atoms with E-state index in [2.05, 4.69) is 36.3 Å². The molecule has 0 N–H and O–H groups in total. The summed E-state index contributed by atoms with van der Waals surface area (Å²) in [7, 11) is -1.16. The molecular weight excluding hydrogens is 214 g/mol. The van der Waals surface area contributed by atoms with Crippen molar-refractivity contribution in [2.24, 2.45) is 0 Å². The van der Waals surface area contributed by atoms with Crippen LogP contribution in [0, 0.1) is 11.3 Å². The maximum absolute atomic E-state index is 8.61. The lowest BCUT2D eigenvalue weighted by Gasteiger charge is -2.38. The first-order chi connectivity index (χ1) is 7.72. The van der Waals surface area contributed by atoms with Crippen molar-refractivity contribution in [3.63, 3.8) is 0 Å². The van der Waals surface area contributed by atoms with Crippen molar-refractivity contribution < 1.29 is 0 Å². The molecule has 0 aliphatic carbocycles. The van der Waals surface area contributed by atoms with E-state index in [1.807, 2.05) is 0 Å². The van der Waals surface area contributed by atoms with Gasteiger partial charge in [0.1, 0.15) is 8.24 Å². The molecule has 0 spiro atoms. The Morgan fingerprint density at radius 2 is 1.75 bits per heavy atom. The number of nitrogens with zero attached hydrogens (tertiary/aromatic N) is 3. The van der Waals surface area contributed by atoms with Gasteiger partial charge in [0.05, 0.1) is 6.07 Å². The molecule has 1 fully saturated rings. The number of hydrogen-bond donors (Lipinski definition) is 0.